The molecule has 2 aliphatic rings. The van der Waals surface area contributed by atoms with Crippen LogP contribution in [0.2, 0.25) is 0 Å². The molecule has 0 radical (unpaired) electrons. The van der Waals surface area contributed by atoms with Gasteiger partial charge in [-0.3, -0.25) is 10.1 Å². The summed E-state index contributed by atoms with van der Waals surface area (Å²) >= 11 is 0. The Morgan fingerprint density at radius 3 is 2.52 bits per heavy atom. The number of hydrogen-bond donors (Lipinski definition) is 1. The summed E-state index contributed by atoms with van der Waals surface area (Å²) in [7, 11) is 2.20. The quantitative estimate of drug-likeness (QED) is 0.817. The molecule has 0 aromatic carbocycles. The largest absolute Gasteiger partial charge is 0.326 e. The first kappa shape index (κ1) is 16.8. The highest BCUT2D eigenvalue weighted by molar-refractivity contribution is 5.84. The molecular weight excluding hydrogens is 262 g/mol. The number of carbonyl (C=O) groups is 1. The van der Waals surface area contributed by atoms with Crippen molar-refractivity contribution in [1.82, 2.24) is 15.1 Å². The Hall–Kier alpha value is -0.610. The van der Waals surface area contributed by atoms with Gasteiger partial charge < -0.3 is 9.80 Å². The standard InChI is InChI=1S/C17H33N3O/c1-5-13(3)16-17(21)20(15(6-2)18-16)12-9-14-7-10-19(4)11-8-14/h13-16,18H,5-12H2,1-4H3. The van der Waals surface area contributed by atoms with E-state index in [9.17, 15) is 4.79 Å². The molecule has 21 heavy (non-hydrogen) atoms. The lowest BCUT2D eigenvalue weighted by atomic mass is 9.93. The van der Waals surface area contributed by atoms with Gasteiger partial charge >= 0.3 is 0 Å². The van der Waals surface area contributed by atoms with Crippen molar-refractivity contribution < 1.29 is 4.79 Å². The Morgan fingerprint density at radius 2 is 1.95 bits per heavy atom. The monoisotopic (exact) mass is 295 g/mol. The summed E-state index contributed by atoms with van der Waals surface area (Å²) in [5.41, 5.74) is 0. The highest BCUT2D eigenvalue weighted by Gasteiger charge is 2.39. The molecule has 0 spiro atoms. The summed E-state index contributed by atoms with van der Waals surface area (Å²) in [5.74, 6) is 1.57. The maximum atomic E-state index is 12.7. The molecular formula is C17H33N3O. The topological polar surface area (TPSA) is 35.6 Å². The van der Waals surface area contributed by atoms with Gasteiger partial charge in [-0.25, -0.2) is 0 Å². The zero-order chi connectivity index (χ0) is 15.4. The van der Waals surface area contributed by atoms with E-state index in [4.69, 9.17) is 0 Å². The third kappa shape index (κ3) is 3.98. The van der Waals surface area contributed by atoms with E-state index >= 15 is 0 Å². The molecule has 122 valence electrons. The van der Waals surface area contributed by atoms with Crippen LogP contribution >= 0.6 is 0 Å². The maximum absolute atomic E-state index is 12.7. The van der Waals surface area contributed by atoms with Gasteiger partial charge in [0.05, 0.1) is 12.2 Å². The van der Waals surface area contributed by atoms with Gasteiger partial charge in [-0.2, -0.15) is 0 Å². The van der Waals surface area contributed by atoms with Crippen LogP contribution in [0.4, 0.5) is 0 Å². The number of likely N-dealkylation sites (tertiary alicyclic amines) is 1. The number of piperidine rings is 1. The van der Waals surface area contributed by atoms with Crippen LogP contribution in [-0.2, 0) is 4.79 Å². The molecule has 0 bridgehead atoms. The van der Waals surface area contributed by atoms with E-state index in [0.717, 1.165) is 25.3 Å². The molecule has 2 fully saturated rings. The summed E-state index contributed by atoms with van der Waals surface area (Å²) in [6, 6.07) is 0.0393. The molecule has 0 saturated carbocycles. The molecule has 2 rings (SSSR count). The van der Waals surface area contributed by atoms with Crippen molar-refractivity contribution in [2.24, 2.45) is 11.8 Å². The molecule has 2 heterocycles. The Labute approximate surface area is 130 Å². The predicted octanol–water partition coefficient (Wildman–Crippen LogP) is 2.30. The van der Waals surface area contributed by atoms with E-state index < -0.39 is 0 Å². The fourth-order valence-corrected chi connectivity index (χ4v) is 3.62. The minimum Gasteiger partial charge on any atom is -0.326 e. The van der Waals surface area contributed by atoms with Crippen LogP contribution < -0.4 is 5.32 Å². The molecule has 4 heteroatoms. The van der Waals surface area contributed by atoms with Gasteiger partial charge in [0.1, 0.15) is 0 Å². The Morgan fingerprint density at radius 1 is 1.29 bits per heavy atom. The number of carbonyl (C=O) groups excluding carboxylic acids is 1. The van der Waals surface area contributed by atoms with Crippen molar-refractivity contribution in [2.45, 2.75) is 65.1 Å². The summed E-state index contributed by atoms with van der Waals surface area (Å²) in [4.78, 5) is 17.2. The van der Waals surface area contributed by atoms with Gasteiger partial charge in [0.25, 0.3) is 0 Å². The summed E-state index contributed by atoms with van der Waals surface area (Å²) in [6.07, 6.45) is 6.07. The fraction of sp³-hybridized carbons (Fsp3) is 0.941. The first-order chi connectivity index (χ1) is 10.1. The van der Waals surface area contributed by atoms with E-state index in [2.05, 4.69) is 42.9 Å². The van der Waals surface area contributed by atoms with Gasteiger partial charge in [0.15, 0.2) is 0 Å². The Bertz CT molecular complexity index is 339. The number of rotatable bonds is 6. The number of nitrogens with one attached hydrogen (secondary N) is 1. The highest BCUT2D eigenvalue weighted by atomic mass is 16.2. The van der Waals surface area contributed by atoms with Gasteiger partial charge in [0, 0.05) is 6.54 Å². The summed E-state index contributed by atoms with van der Waals surface area (Å²) in [6.45, 7) is 9.88. The molecule has 3 unspecified atom stereocenters. The van der Waals surface area contributed by atoms with Crippen LogP contribution in [0, 0.1) is 11.8 Å². The van der Waals surface area contributed by atoms with Crippen molar-refractivity contribution in [3.8, 4) is 0 Å². The van der Waals surface area contributed by atoms with Crippen LogP contribution in [0.25, 0.3) is 0 Å². The fourth-order valence-electron chi connectivity index (χ4n) is 3.62. The first-order valence-corrected chi connectivity index (χ1v) is 8.81. The third-order valence-corrected chi connectivity index (χ3v) is 5.51. The minimum absolute atomic E-state index is 0.0393. The normalized spacial score (nSPS) is 30.1. The zero-order valence-corrected chi connectivity index (χ0v) is 14.3. The van der Waals surface area contributed by atoms with E-state index in [-0.39, 0.29) is 12.2 Å². The van der Waals surface area contributed by atoms with Crippen LogP contribution in [0.1, 0.15) is 52.9 Å². The molecule has 0 aromatic rings. The van der Waals surface area contributed by atoms with E-state index in [1.807, 2.05) is 0 Å². The molecule has 0 aromatic heterocycles. The van der Waals surface area contributed by atoms with Crippen LogP contribution in [-0.4, -0.2) is 54.6 Å². The van der Waals surface area contributed by atoms with Crippen LogP contribution in [0.5, 0.6) is 0 Å². The van der Waals surface area contributed by atoms with Crippen molar-refractivity contribution in [2.75, 3.05) is 26.7 Å². The average molecular weight is 295 g/mol. The third-order valence-electron chi connectivity index (χ3n) is 5.51. The molecule has 3 atom stereocenters. The lowest BCUT2D eigenvalue weighted by Crippen LogP contribution is -2.39. The molecule has 2 saturated heterocycles. The second-order valence-corrected chi connectivity index (χ2v) is 7.02. The smallest absolute Gasteiger partial charge is 0.241 e. The molecule has 1 N–H and O–H groups in total. The van der Waals surface area contributed by atoms with E-state index in [1.54, 1.807) is 0 Å². The number of nitrogens with zero attached hydrogens (tertiary/aromatic N) is 2. The van der Waals surface area contributed by atoms with Gasteiger partial charge in [-0.05, 0) is 57.7 Å². The Kier molecular flexibility index (Phi) is 6.06. The van der Waals surface area contributed by atoms with Crippen molar-refractivity contribution in [3.63, 3.8) is 0 Å². The zero-order valence-electron chi connectivity index (χ0n) is 14.3. The lowest BCUT2D eigenvalue weighted by Gasteiger charge is -2.31. The van der Waals surface area contributed by atoms with Crippen molar-refractivity contribution in [1.29, 1.82) is 0 Å². The number of hydrogen-bond acceptors (Lipinski definition) is 3. The average Bonchev–Trinajstić information content (AvgIpc) is 2.82. The van der Waals surface area contributed by atoms with Crippen LogP contribution in [0.3, 0.4) is 0 Å². The maximum Gasteiger partial charge on any atom is 0.241 e. The molecule has 4 nitrogen and oxygen atoms in total. The predicted molar refractivity (Wildman–Crippen MR) is 87.0 cm³/mol. The number of amides is 1. The van der Waals surface area contributed by atoms with Crippen LogP contribution in [0.15, 0.2) is 0 Å². The highest BCUT2D eigenvalue weighted by Crippen LogP contribution is 2.24. The van der Waals surface area contributed by atoms with Gasteiger partial charge in [-0.15, -0.1) is 0 Å². The van der Waals surface area contributed by atoms with Gasteiger partial charge in [-0.1, -0.05) is 27.2 Å². The first-order valence-electron chi connectivity index (χ1n) is 8.81. The van der Waals surface area contributed by atoms with Gasteiger partial charge in [0.2, 0.25) is 5.91 Å². The van der Waals surface area contributed by atoms with Crippen molar-refractivity contribution >= 4 is 5.91 Å². The van der Waals surface area contributed by atoms with E-state index in [0.29, 0.717) is 11.8 Å². The molecule has 1 amide bonds. The SMILES string of the molecule is CCC(C)C1NC(CC)N(CCC2CCN(C)CC2)C1=O. The second-order valence-electron chi connectivity index (χ2n) is 7.02. The minimum atomic E-state index is 0.0393. The summed E-state index contributed by atoms with van der Waals surface area (Å²) < 4.78 is 0. The second kappa shape index (κ2) is 7.59. The lowest BCUT2D eigenvalue weighted by molar-refractivity contribution is -0.131. The molecule has 0 aliphatic carbocycles. The van der Waals surface area contributed by atoms with Crippen molar-refractivity contribution in [3.05, 3.63) is 0 Å². The molecule has 2 aliphatic heterocycles. The summed E-state index contributed by atoms with van der Waals surface area (Å²) in [5, 5.41) is 3.55. The Balaban J connectivity index is 1.87. The van der Waals surface area contributed by atoms with E-state index in [1.165, 1.54) is 32.4 Å².